The summed E-state index contributed by atoms with van der Waals surface area (Å²) in [7, 11) is 1.56. The number of nitrogens with two attached hydrogens (primary N) is 1. The molecule has 0 atom stereocenters. The normalized spacial score (nSPS) is 10.9. The monoisotopic (exact) mass is 283 g/mol. The van der Waals surface area contributed by atoms with Gasteiger partial charge in [0.25, 0.3) is 5.91 Å². The summed E-state index contributed by atoms with van der Waals surface area (Å²) in [5.41, 5.74) is 5.58. The van der Waals surface area contributed by atoms with E-state index in [1.54, 1.807) is 39.1 Å². The molecule has 4 N–H and O–H groups in total. The van der Waals surface area contributed by atoms with Crippen molar-refractivity contribution >= 4 is 29.1 Å². The summed E-state index contributed by atoms with van der Waals surface area (Å²) in [4.78, 5) is 23.6. The summed E-state index contributed by atoms with van der Waals surface area (Å²) in [5, 5.41) is 5.46. The van der Waals surface area contributed by atoms with Crippen molar-refractivity contribution in [1.29, 1.82) is 0 Å². The SMILES string of the molecule is CNC(=O)C(C)(C)CNC(=O)c1cccc(N)c1Cl. The molecule has 0 saturated heterocycles. The van der Waals surface area contributed by atoms with Gasteiger partial charge >= 0.3 is 0 Å². The van der Waals surface area contributed by atoms with Crippen LogP contribution in [-0.4, -0.2) is 25.4 Å². The molecule has 0 spiro atoms. The molecule has 1 rings (SSSR count). The maximum atomic E-state index is 12.0. The Labute approximate surface area is 117 Å². The van der Waals surface area contributed by atoms with E-state index < -0.39 is 5.41 Å². The summed E-state index contributed by atoms with van der Waals surface area (Å²) in [6.45, 7) is 3.69. The summed E-state index contributed by atoms with van der Waals surface area (Å²) < 4.78 is 0. The largest absolute Gasteiger partial charge is 0.398 e. The second kappa shape index (κ2) is 5.93. The summed E-state index contributed by atoms with van der Waals surface area (Å²) in [6, 6.07) is 4.86. The van der Waals surface area contributed by atoms with Crippen molar-refractivity contribution in [2.45, 2.75) is 13.8 Å². The number of nitrogen functional groups attached to an aromatic ring is 1. The van der Waals surface area contributed by atoms with Gasteiger partial charge in [-0.3, -0.25) is 9.59 Å². The van der Waals surface area contributed by atoms with Gasteiger partial charge in [0.2, 0.25) is 5.91 Å². The predicted octanol–water partition coefficient (Wildman–Crippen LogP) is 1.42. The van der Waals surface area contributed by atoms with Crippen LogP contribution in [0.25, 0.3) is 0 Å². The van der Waals surface area contributed by atoms with Crippen LogP contribution in [0.15, 0.2) is 18.2 Å². The maximum Gasteiger partial charge on any atom is 0.252 e. The maximum absolute atomic E-state index is 12.0. The summed E-state index contributed by atoms with van der Waals surface area (Å²) in [6.07, 6.45) is 0. The highest BCUT2D eigenvalue weighted by Crippen LogP contribution is 2.23. The molecule has 0 aliphatic carbocycles. The zero-order valence-corrected chi connectivity index (χ0v) is 12.0. The minimum atomic E-state index is -0.697. The number of halogens is 1. The molecule has 0 bridgehead atoms. The Morgan fingerprint density at radius 3 is 2.58 bits per heavy atom. The fourth-order valence-corrected chi connectivity index (χ4v) is 1.75. The fourth-order valence-electron chi connectivity index (χ4n) is 1.54. The number of carbonyl (C=O) groups is 2. The van der Waals surface area contributed by atoms with E-state index >= 15 is 0 Å². The van der Waals surface area contributed by atoms with Gasteiger partial charge in [-0.25, -0.2) is 0 Å². The first-order valence-corrected chi connectivity index (χ1v) is 6.21. The van der Waals surface area contributed by atoms with Crippen molar-refractivity contribution in [3.8, 4) is 0 Å². The third-order valence-corrected chi connectivity index (χ3v) is 3.23. The first-order chi connectivity index (χ1) is 8.79. The van der Waals surface area contributed by atoms with Crippen LogP contribution in [0, 0.1) is 5.41 Å². The van der Waals surface area contributed by atoms with Gasteiger partial charge in [0.15, 0.2) is 0 Å². The molecule has 0 aromatic heterocycles. The Bertz CT molecular complexity index is 501. The van der Waals surface area contributed by atoms with Crippen LogP contribution >= 0.6 is 11.6 Å². The van der Waals surface area contributed by atoms with Gasteiger partial charge in [0.1, 0.15) is 0 Å². The van der Waals surface area contributed by atoms with Gasteiger partial charge in [-0.15, -0.1) is 0 Å². The minimum Gasteiger partial charge on any atom is -0.398 e. The number of carbonyl (C=O) groups excluding carboxylic acids is 2. The standard InChI is InChI=1S/C13H18ClN3O2/c1-13(2,12(19)16-3)7-17-11(18)8-5-4-6-9(15)10(8)14/h4-6H,7,15H2,1-3H3,(H,16,19)(H,17,18). The van der Waals surface area contributed by atoms with Crippen LogP contribution in [0.5, 0.6) is 0 Å². The van der Waals surface area contributed by atoms with Crippen molar-refractivity contribution in [3.05, 3.63) is 28.8 Å². The summed E-state index contributed by atoms with van der Waals surface area (Å²) >= 11 is 5.96. The quantitative estimate of drug-likeness (QED) is 0.731. The molecule has 1 aromatic carbocycles. The van der Waals surface area contributed by atoms with E-state index in [4.69, 9.17) is 17.3 Å². The molecular formula is C13H18ClN3O2. The summed E-state index contributed by atoms with van der Waals surface area (Å²) in [5.74, 6) is -0.499. The molecular weight excluding hydrogens is 266 g/mol. The van der Waals surface area contributed by atoms with Crippen molar-refractivity contribution < 1.29 is 9.59 Å². The number of rotatable bonds is 4. The molecule has 0 heterocycles. The van der Waals surface area contributed by atoms with Crippen LogP contribution in [0.1, 0.15) is 24.2 Å². The molecule has 0 aliphatic heterocycles. The van der Waals surface area contributed by atoms with E-state index in [1.165, 1.54) is 0 Å². The second-order valence-electron chi connectivity index (χ2n) is 4.85. The Morgan fingerprint density at radius 1 is 1.37 bits per heavy atom. The van der Waals surface area contributed by atoms with E-state index in [0.717, 1.165) is 0 Å². The van der Waals surface area contributed by atoms with Gasteiger partial charge in [-0.1, -0.05) is 17.7 Å². The highest BCUT2D eigenvalue weighted by atomic mass is 35.5. The van der Waals surface area contributed by atoms with Crippen molar-refractivity contribution in [2.24, 2.45) is 5.41 Å². The van der Waals surface area contributed by atoms with Crippen LogP contribution in [0.4, 0.5) is 5.69 Å². The van der Waals surface area contributed by atoms with E-state index in [0.29, 0.717) is 11.3 Å². The Hall–Kier alpha value is -1.75. The predicted molar refractivity (Wildman–Crippen MR) is 76.0 cm³/mol. The van der Waals surface area contributed by atoms with E-state index in [2.05, 4.69) is 10.6 Å². The first-order valence-electron chi connectivity index (χ1n) is 5.84. The lowest BCUT2D eigenvalue weighted by Gasteiger charge is -2.23. The van der Waals surface area contributed by atoms with E-state index in [1.807, 2.05) is 0 Å². The highest BCUT2D eigenvalue weighted by Gasteiger charge is 2.27. The minimum absolute atomic E-state index is 0.147. The zero-order chi connectivity index (χ0) is 14.6. The molecule has 104 valence electrons. The average Bonchev–Trinajstić information content (AvgIpc) is 2.38. The third-order valence-electron chi connectivity index (χ3n) is 2.81. The molecule has 6 heteroatoms. The molecule has 0 unspecified atom stereocenters. The number of benzene rings is 1. The lowest BCUT2D eigenvalue weighted by atomic mass is 9.92. The zero-order valence-electron chi connectivity index (χ0n) is 11.2. The van der Waals surface area contributed by atoms with Gasteiger partial charge in [-0.05, 0) is 26.0 Å². The Kier molecular flexibility index (Phi) is 4.78. The number of hydrogen-bond acceptors (Lipinski definition) is 3. The smallest absolute Gasteiger partial charge is 0.252 e. The number of nitrogens with one attached hydrogen (secondary N) is 2. The van der Waals surface area contributed by atoms with E-state index in [-0.39, 0.29) is 23.4 Å². The lowest BCUT2D eigenvalue weighted by Crippen LogP contribution is -2.43. The second-order valence-corrected chi connectivity index (χ2v) is 5.23. The molecule has 0 aliphatic rings. The molecule has 19 heavy (non-hydrogen) atoms. The molecule has 2 amide bonds. The van der Waals surface area contributed by atoms with Crippen molar-refractivity contribution in [3.63, 3.8) is 0 Å². The van der Waals surface area contributed by atoms with E-state index in [9.17, 15) is 9.59 Å². The van der Waals surface area contributed by atoms with Crippen LogP contribution in [0.3, 0.4) is 0 Å². The molecule has 0 radical (unpaired) electrons. The van der Waals surface area contributed by atoms with Gasteiger partial charge in [0.05, 0.1) is 21.7 Å². The van der Waals surface area contributed by atoms with Crippen molar-refractivity contribution in [1.82, 2.24) is 10.6 Å². The van der Waals surface area contributed by atoms with Gasteiger partial charge < -0.3 is 16.4 Å². The molecule has 0 fully saturated rings. The van der Waals surface area contributed by atoms with Crippen LogP contribution in [-0.2, 0) is 4.79 Å². The third kappa shape index (κ3) is 3.61. The Balaban J connectivity index is 2.76. The number of amides is 2. The molecule has 5 nitrogen and oxygen atoms in total. The Morgan fingerprint density at radius 2 is 2.00 bits per heavy atom. The lowest BCUT2D eigenvalue weighted by molar-refractivity contribution is -0.128. The topological polar surface area (TPSA) is 84.2 Å². The molecule has 0 saturated carbocycles. The number of anilines is 1. The first kappa shape index (κ1) is 15.3. The van der Waals surface area contributed by atoms with Crippen molar-refractivity contribution in [2.75, 3.05) is 19.3 Å². The average molecular weight is 284 g/mol. The highest BCUT2D eigenvalue weighted by molar-refractivity contribution is 6.36. The molecule has 1 aromatic rings. The van der Waals surface area contributed by atoms with Gasteiger partial charge in [-0.2, -0.15) is 0 Å². The fraction of sp³-hybridized carbons (Fsp3) is 0.385. The van der Waals surface area contributed by atoms with Gasteiger partial charge in [0, 0.05) is 13.6 Å². The number of hydrogen-bond donors (Lipinski definition) is 3. The van der Waals surface area contributed by atoms with Crippen LogP contribution in [0.2, 0.25) is 5.02 Å². The van der Waals surface area contributed by atoms with Crippen LogP contribution < -0.4 is 16.4 Å².